The van der Waals surface area contributed by atoms with Crippen molar-refractivity contribution in [3.63, 3.8) is 0 Å². The van der Waals surface area contributed by atoms with Gasteiger partial charge in [-0.2, -0.15) is 0 Å². The van der Waals surface area contributed by atoms with Crippen molar-refractivity contribution in [1.29, 1.82) is 0 Å². The maximum atomic E-state index is 11.8. The van der Waals surface area contributed by atoms with Crippen LogP contribution < -0.4 is 16.4 Å². The Morgan fingerprint density at radius 2 is 2.05 bits per heavy atom. The maximum absolute atomic E-state index is 11.8. The van der Waals surface area contributed by atoms with E-state index in [-0.39, 0.29) is 19.4 Å². The molecule has 1 aromatic rings. The Bertz CT molecular complexity index is 551. The average molecular weight is 328 g/mol. The van der Waals surface area contributed by atoms with Gasteiger partial charge in [-0.05, 0) is 24.1 Å². The summed E-state index contributed by atoms with van der Waals surface area (Å²) in [4.78, 5) is 33.3. The minimum atomic E-state index is -0.923. The molecular formula is C14H18ClN3O4. The molecule has 0 radical (unpaired) electrons. The number of carbonyl (C=O) groups excluding carboxylic acids is 2. The molecule has 0 bridgehead atoms. The van der Waals surface area contributed by atoms with Crippen LogP contribution >= 0.6 is 11.6 Å². The van der Waals surface area contributed by atoms with E-state index in [1.165, 1.54) is 0 Å². The fourth-order valence-corrected chi connectivity index (χ4v) is 2.03. The van der Waals surface area contributed by atoms with Crippen LogP contribution in [0.5, 0.6) is 0 Å². The second-order valence-corrected chi connectivity index (χ2v) is 5.11. The molecule has 5 N–H and O–H groups in total. The fourth-order valence-electron chi connectivity index (χ4n) is 1.83. The van der Waals surface area contributed by atoms with Crippen LogP contribution in [0.25, 0.3) is 0 Å². The highest BCUT2D eigenvalue weighted by Gasteiger charge is 2.17. The molecule has 1 rings (SSSR count). The first-order valence-corrected chi connectivity index (χ1v) is 7.06. The molecule has 0 saturated carbocycles. The molecule has 1 atom stereocenters. The SMILES string of the molecule is NC(=O)C[C@@H](NC(=O)NCCCC(=O)O)c1cccc(Cl)c1. The van der Waals surface area contributed by atoms with Crippen LogP contribution in [0.3, 0.4) is 0 Å². The average Bonchev–Trinajstić information content (AvgIpc) is 2.42. The van der Waals surface area contributed by atoms with Crippen molar-refractivity contribution in [2.75, 3.05) is 6.54 Å². The van der Waals surface area contributed by atoms with Crippen LogP contribution in [-0.4, -0.2) is 29.6 Å². The maximum Gasteiger partial charge on any atom is 0.315 e. The Kier molecular flexibility index (Phi) is 7.18. The number of primary amides is 1. The lowest BCUT2D eigenvalue weighted by atomic mass is 10.0. The molecule has 3 amide bonds. The predicted octanol–water partition coefficient (Wildman–Crippen LogP) is 1.42. The van der Waals surface area contributed by atoms with Crippen LogP contribution in [-0.2, 0) is 9.59 Å². The number of hydrogen-bond donors (Lipinski definition) is 4. The van der Waals surface area contributed by atoms with Crippen LogP contribution in [0.1, 0.15) is 30.9 Å². The number of carboxylic acid groups (broad SMARTS) is 1. The number of rotatable bonds is 8. The Hall–Kier alpha value is -2.28. The topological polar surface area (TPSA) is 122 Å². The minimum absolute atomic E-state index is 0.0285. The summed E-state index contributed by atoms with van der Waals surface area (Å²) >= 11 is 5.89. The quantitative estimate of drug-likeness (QED) is 0.539. The van der Waals surface area contributed by atoms with Crippen LogP contribution in [0.4, 0.5) is 4.79 Å². The lowest BCUT2D eigenvalue weighted by Crippen LogP contribution is -2.39. The van der Waals surface area contributed by atoms with E-state index in [1.807, 2.05) is 0 Å². The van der Waals surface area contributed by atoms with E-state index in [9.17, 15) is 14.4 Å². The third kappa shape index (κ3) is 6.94. The second-order valence-electron chi connectivity index (χ2n) is 4.68. The molecule has 1 aromatic carbocycles. The first-order valence-electron chi connectivity index (χ1n) is 6.68. The van der Waals surface area contributed by atoms with Crippen molar-refractivity contribution < 1.29 is 19.5 Å². The standard InChI is InChI=1S/C14H18ClN3O4/c15-10-4-1-3-9(7-10)11(8-12(16)19)18-14(22)17-6-2-5-13(20)21/h1,3-4,7,11H,2,5-6,8H2,(H2,16,19)(H,20,21)(H2,17,18,22)/t11-/m1/s1. The number of carbonyl (C=O) groups is 3. The second kappa shape index (κ2) is 8.89. The smallest absolute Gasteiger partial charge is 0.315 e. The van der Waals surface area contributed by atoms with Crippen molar-refractivity contribution in [2.24, 2.45) is 5.73 Å². The molecule has 22 heavy (non-hydrogen) atoms. The molecule has 8 heteroatoms. The number of nitrogens with two attached hydrogens (primary N) is 1. The third-order valence-corrected chi connectivity index (χ3v) is 3.05. The van der Waals surface area contributed by atoms with Crippen LogP contribution in [0.2, 0.25) is 5.02 Å². The van der Waals surface area contributed by atoms with Crippen molar-refractivity contribution in [3.05, 3.63) is 34.9 Å². The van der Waals surface area contributed by atoms with Gasteiger partial charge in [0.25, 0.3) is 0 Å². The van der Waals surface area contributed by atoms with Crippen LogP contribution in [0, 0.1) is 0 Å². The van der Waals surface area contributed by atoms with Gasteiger partial charge in [0.15, 0.2) is 0 Å². The fraction of sp³-hybridized carbons (Fsp3) is 0.357. The highest BCUT2D eigenvalue weighted by Crippen LogP contribution is 2.20. The zero-order valence-corrected chi connectivity index (χ0v) is 12.6. The Morgan fingerprint density at radius 3 is 2.64 bits per heavy atom. The molecule has 7 nitrogen and oxygen atoms in total. The summed E-state index contributed by atoms with van der Waals surface area (Å²) in [7, 11) is 0. The lowest BCUT2D eigenvalue weighted by Gasteiger charge is -2.18. The number of benzene rings is 1. The highest BCUT2D eigenvalue weighted by atomic mass is 35.5. The number of aliphatic carboxylic acids is 1. The van der Waals surface area contributed by atoms with Gasteiger partial charge in [0.2, 0.25) is 5.91 Å². The molecule has 0 aliphatic heterocycles. The monoisotopic (exact) mass is 327 g/mol. The van der Waals surface area contributed by atoms with Gasteiger partial charge in [-0.1, -0.05) is 23.7 Å². The van der Waals surface area contributed by atoms with Gasteiger partial charge in [0.1, 0.15) is 0 Å². The summed E-state index contributed by atoms with van der Waals surface area (Å²) < 4.78 is 0. The molecule has 0 fully saturated rings. The number of halogens is 1. The summed E-state index contributed by atoms with van der Waals surface area (Å²) in [5.41, 5.74) is 5.85. The van der Waals surface area contributed by atoms with E-state index in [0.717, 1.165) is 0 Å². The van der Waals surface area contributed by atoms with E-state index >= 15 is 0 Å². The van der Waals surface area contributed by atoms with Gasteiger partial charge >= 0.3 is 12.0 Å². The van der Waals surface area contributed by atoms with Gasteiger partial charge in [0, 0.05) is 18.0 Å². The summed E-state index contributed by atoms with van der Waals surface area (Å²) in [6.07, 6.45) is 0.225. The number of urea groups is 1. The Morgan fingerprint density at radius 1 is 1.32 bits per heavy atom. The molecule has 120 valence electrons. The number of amides is 3. The molecule has 0 aliphatic rings. The Balaban J connectivity index is 2.59. The Labute approximate surface area is 132 Å². The van der Waals surface area contributed by atoms with Gasteiger partial charge in [-0.25, -0.2) is 4.79 Å². The van der Waals surface area contributed by atoms with E-state index in [0.29, 0.717) is 17.0 Å². The van der Waals surface area contributed by atoms with Gasteiger partial charge in [-0.15, -0.1) is 0 Å². The molecule has 0 aliphatic carbocycles. The van der Waals surface area contributed by atoms with Crippen molar-refractivity contribution in [2.45, 2.75) is 25.3 Å². The number of hydrogen-bond acceptors (Lipinski definition) is 3. The normalized spacial score (nSPS) is 11.5. The highest BCUT2D eigenvalue weighted by molar-refractivity contribution is 6.30. The number of carboxylic acids is 1. The van der Waals surface area contributed by atoms with Crippen molar-refractivity contribution in [1.82, 2.24) is 10.6 Å². The van der Waals surface area contributed by atoms with Gasteiger partial charge < -0.3 is 21.5 Å². The largest absolute Gasteiger partial charge is 0.481 e. The molecule has 0 spiro atoms. The van der Waals surface area contributed by atoms with Crippen molar-refractivity contribution >= 4 is 29.5 Å². The lowest BCUT2D eigenvalue weighted by molar-refractivity contribution is -0.137. The van der Waals surface area contributed by atoms with E-state index in [4.69, 9.17) is 22.4 Å². The molecule has 0 heterocycles. The molecule has 0 saturated heterocycles. The first kappa shape index (κ1) is 17.8. The van der Waals surface area contributed by atoms with E-state index < -0.39 is 23.9 Å². The summed E-state index contributed by atoms with van der Waals surface area (Å²) in [5, 5.41) is 14.1. The van der Waals surface area contributed by atoms with E-state index in [2.05, 4.69) is 10.6 Å². The predicted molar refractivity (Wildman–Crippen MR) is 81.4 cm³/mol. The van der Waals surface area contributed by atoms with Crippen molar-refractivity contribution in [3.8, 4) is 0 Å². The molecular weight excluding hydrogens is 310 g/mol. The first-order chi connectivity index (χ1) is 10.4. The molecule has 0 aromatic heterocycles. The summed E-state index contributed by atoms with van der Waals surface area (Å²) in [6.45, 7) is 0.219. The number of nitrogens with one attached hydrogen (secondary N) is 2. The minimum Gasteiger partial charge on any atom is -0.481 e. The third-order valence-electron chi connectivity index (χ3n) is 2.81. The van der Waals surface area contributed by atoms with Gasteiger partial charge in [0.05, 0.1) is 12.5 Å². The zero-order valence-electron chi connectivity index (χ0n) is 11.8. The van der Waals surface area contributed by atoms with Crippen LogP contribution in [0.15, 0.2) is 24.3 Å². The summed E-state index contributed by atoms with van der Waals surface area (Å²) in [6, 6.07) is 5.65. The van der Waals surface area contributed by atoms with Gasteiger partial charge in [-0.3, -0.25) is 9.59 Å². The molecule has 0 unspecified atom stereocenters. The zero-order chi connectivity index (χ0) is 16.5. The van der Waals surface area contributed by atoms with E-state index in [1.54, 1.807) is 24.3 Å². The summed E-state index contributed by atoms with van der Waals surface area (Å²) in [5.74, 6) is -1.48.